The maximum absolute atomic E-state index is 12.8. The van der Waals surface area contributed by atoms with Crippen LogP contribution in [0.15, 0.2) is 30.9 Å². The first-order valence-corrected chi connectivity index (χ1v) is 8.75. The summed E-state index contributed by atoms with van der Waals surface area (Å²) >= 11 is 0. The molecule has 3 rings (SSSR count). The summed E-state index contributed by atoms with van der Waals surface area (Å²) in [4.78, 5) is 39.1. The Bertz CT molecular complexity index is 821. The summed E-state index contributed by atoms with van der Waals surface area (Å²) in [5.74, 6) is -1.98. The topological polar surface area (TPSA) is 84.9 Å². The van der Waals surface area contributed by atoms with E-state index in [-0.39, 0.29) is 11.8 Å². The highest BCUT2D eigenvalue weighted by Gasteiger charge is 2.66. The lowest BCUT2D eigenvalue weighted by Gasteiger charge is -2.28. The Balaban J connectivity index is 2.09. The molecule has 7 nitrogen and oxygen atoms in total. The van der Waals surface area contributed by atoms with Crippen molar-refractivity contribution in [3.8, 4) is 5.75 Å². The molecule has 0 radical (unpaired) electrons. The molecule has 0 spiro atoms. The largest absolute Gasteiger partial charge is 0.496 e. The van der Waals surface area contributed by atoms with Crippen molar-refractivity contribution in [3.63, 3.8) is 0 Å². The minimum atomic E-state index is -1.28. The lowest BCUT2D eigenvalue weighted by molar-refractivity contribution is -0.152. The van der Waals surface area contributed by atoms with Crippen molar-refractivity contribution in [2.75, 3.05) is 21.3 Å². The summed E-state index contributed by atoms with van der Waals surface area (Å²) < 4.78 is 10.3. The Labute approximate surface area is 158 Å². The van der Waals surface area contributed by atoms with Crippen LogP contribution in [-0.4, -0.2) is 49.5 Å². The van der Waals surface area contributed by atoms with Gasteiger partial charge in [-0.15, -0.1) is 6.58 Å². The number of methoxy groups -OCH3 is 2. The molecular formula is C20H24N2O5. The Hall–Kier alpha value is -2.67. The van der Waals surface area contributed by atoms with E-state index < -0.39 is 29.4 Å². The third kappa shape index (κ3) is 2.73. The van der Waals surface area contributed by atoms with E-state index in [1.807, 2.05) is 18.2 Å². The maximum Gasteiger partial charge on any atom is 0.326 e. The number of benzene rings is 1. The maximum atomic E-state index is 12.8. The fourth-order valence-corrected chi connectivity index (χ4v) is 4.28. The second kappa shape index (κ2) is 6.81. The van der Waals surface area contributed by atoms with Crippen LogP contribution >= 0.6 is 0 Å². The number of allylic oxidation sites excluding steroid dienone is 1. The average Bonchev–Trinajstić information content (AvgIpc) is 3.11. The van der Waals surface area contributed by atoms with Crippen LogP contribution in [0.5, 0.6) is 5.75 Å². The molecule has 0 aliphatic carbocycles. The molecule has 1 N–H and O–H groups in total. The van der Waals surface area contributed by atoms with E-state index in [4.69, 9.17) is 9.47 Å². The molecule has 4 atom stereocenters. The fraction of sp³-hybridized carbons (Fsp3) is 0.450. The van der Waals surface area contributed by atoms with Crippen molar-refractivity contribution in [1.29, 1.82) is 0 Å². The second-order valence-electron chi connectivity index (χ2n) is 7.12. The van der Waals surface area contributed by atoms with Crippen molar-refractivity contribution in [2.45, 2.75) is 24.9 Å². The number of rotatable bonds is 5. The molecule has 2 aliphatic heterocycles. The Morgan fingerprint density at radius 3 is 2.63 bits per heavy atom. The summed E-state index contributed by atoms with van der Waals surface area (Å²) in [6, 6.07) is 5.10. The van der Waals surface area contributed by atoms with Gasteiger partial charge in [-0.2, -0.15) is 0 Å². The molecule has 27 heavy (non-hydrogen) atoms. The molecule has 144 valence electrons. The number of fused-ring (bicyclic) bond motifs is 1. The Morgan fingerprint density at radius 1 is 1.33 bits per heavy atom. The normalized spacial score (nSPS) is 29.6. The number of amides is 2. The first kappa shape index (κ1) is 19.1. The molecular weight excluding hydrogens is 348 g/mol. The lowest BCUT2D eigenvalue weighted by atomic mass is 9.80. The van der Waals surface area contributed by atoms with Gasteiger partial charge in [-0.05, 0) is 30.5 Å². The van der Waals surface area contributed by atoms with Gasteiger partial charge in [0, 0.05) is 13.1 Å². The van der Waals surface area contributed by atoms with E-state index in [1.165, 1.54) is 14.2 Å². The van der Waals surface area contributed by atoms with Crippen molar-refractivity contribution < 1.29 is 23.9 Å². The zero-order valence-corrected chi connectivity index (χ0v) is 15.9. The number of hydrogen-bond acceptors (Lipinski definition) is 6. The summed E-state index contributed by atoms with van der Waals surface area (Å²) in [5.41, 5.74) is 0.451. The van der Waals surface area contributed by atoms with Crippen LogP contribution in [0, 0.1) is 11.8 Å². The highest BCUT2D eigenvalue weighted by atomic mass is 16.5. The molecule has 2 fully saturated rings. The molecule has 2 heterocycles. The average molecular weight is 372 g/mol. The van der Waals surface area contributed by atoms with Gasteiger partial charge in [0.15, 0.2) is 0 Å². The first-order valence-electron chi connectivity index (χ1n) is 8.75. The molecule has 2 amide bonds. The third-order valence-corrected chi connectivity index (χ3v) is 5.65. The quantitative estimate of drug-likeness (QED) is 0.475. The molecule has 2 saturated heterocycles. The van der Waals surface area contributed by atoms with E-state index in [0.717, 1.165) is 21.8 Å². The van der Waals surface area contributed by atoms with E-state index in [0.29, 0.717) is 6.42 Å². The van der Waals surface area contributed by atoms with E-state index >= 15 is 0 Å². The summed E-state index contributed by atoms with van der Waals surface area (Å²) in [6.07, 6.45) is 2.36. The smallest absolute Gasteiger partial charge is 0.326 e. The second-order valence-corrected chi connectivity index (χ2v) is 7.12. The number of ether oxygens (including phenoxy) is 2. The van der Waals surface area contributed by atoms with Crippen LogP contribution in [0.1, 0.15) is 24.1 Å². The number of carbonyl (C=O) groups is 3. The summed E-state index contributed by atoms with van der Waals surface area (Å²) in [7, 11) is 4.32. The molecule has 2 aliphatic rings. The number of hydrogen-bond donors (Lipinski definition) is 1. The van der Waals surface area contributed by atoms with Crippen LogP contribution in [0.4, 0.5) is 0 Å². The lowest BCUT2D eigenvalue weighted by Crippen LogP contribution is -2.53. The SMILES string of the molecule is C=CCc1cc([C@@H]2N[C@](C)(C(=O)OC)[C@@H]3C(=O)N(C)C(=O)[C@@H]32)ccc1OC. The van der Waals surface area contributed by atoms with Gasteiger partial charge in [-0.1, -0.05) is 18.2 Å². The zero-order valence-electron chi connectivity index (χ0n) is 15.9. The highest BCUT2D eigenvalue weighted by molar-refractivity contribution is 6.09. The molecule has 7 heteroatoms. The van der Waals surface area contributed by atoms with Crippen LogP contribution in [0.2, 0.25) is 0 Å². The number of esters is 1. The Kier molecular flexibility index (Phi) is 4.82. The number of imide groups is 1. The molecule has 0 aromatic heterocycles. The predicted molar refractivity (Wildman–Crippen MR) is 97.9 cm³/mol. The van der Waals surface area contributed by atoms with Gasteiger partial charge >= 0.3 is 5.97 Å². The van der Waals surface area contributed by atoms with E-state index in [2.05, 4.69) is 11.9 Å². The molecule has 0 unspecified atom stereocenters. The Morgan fingerprint density at radius 2 is 2.04 bits per heavy atom. The fourth-order valence-electron chi connectivity index (χ4n) is 4.28. The van der Waals surface area contributed by atoms with Crippen LogP contribution < -0.4 is 10.1 Å². The van der Waals surface area contributed by atoms with E-state index in [1.54, 1.807) is 20.1 Å². The van der Waals surface area contributed by atoms with Gasteiger partial charge in [-0.25, -0.2) is 0 Å². The number of nitrogens with zero attached hydrogens (tertiary/aromatic N) is 1. The molecule has 1 aromatic rings. The molecule has 0 bridgehead atoms. The van der Waals surface area contributed by atoms with E-state index in [9.17, 15) is 14.4 Å². The van der Waals surface area contributed by atoms with Crippen LogP contribution in [-0.2, 0) is 25.5 Å². The first-order chi connectivity index (χ1) is 12.8. The molecule has 1 aromatic carbocycles. The standard InChI is InChI=1S/C20H24N2O5/c1-6-7-11-10-12(8-9-13(11)26-4)16-14-15(18(24)22(3)17(14)23)20(2,21-16)19(25)27-5/h6,8-10,14-16,21H,1,7H2,2-5H3/t14-,15-,16-,20-/m0/s1. The minimum Gasteiger partial charge on any atom is -0.496 e. The number of likely N-dealkylation sites (tertiary alicyclic amines) is 1. The minimum absolute atomic E-state index is 0.295. The van der Waals surface area contributed by atoms with Crippen LogP contribution in [0.25, 0.3) is 0 Å². The van der Waals surface area contributed by atoms with Crippen molar-refractivity contribution in [2.24, 2.45) is 11.8 Å². The van der Waals surface area contributed by atoms with Crippen molar-refractivity contribution in [1.82, 2.24) is 10.2 Å². The zero-order chi connectivity index (χ0) is 19.9. The van der Waals surface area contributed by atoms with Gasteiger partial charge in [-0.3, -0.25) is 24.6 Å². The van der Waals surface area contributed by atoms with Gasteiger partial charge in [0.1, 0.15) is 11.3 Å². The van der Waals surface area contributed by atoms with Crippen molar-refractivity contribution >= 4 is 17.8 Å². The summed E-state index contributed by atoms with van der Waals surface area (Å²) in [6.45, 7) is 5.38. The van der Waals surface area contributed by atoms with Gasteiger partial charge < -0.3 is 9.47 Å². The van der Waals surface area contributed by atoms with Crippen molar-refractivity contribution in [3.05, 3.63) is 42.0 Å². The monoisotopic (exact) mass is 372 g/mol. The molecule has 0 saturated carbocycles. The summed E-state index contributed by atoms with van der Waals surface area (Å²) in [5, 5.41) is 3.22. The number of carbonyl (C=O) groups excluding carboxylic acids is 3. The van der Waals surface area contributed by atoms with Gasteiger partial charge in [0.2, 0.25) is 11.8 Å². The van der Waals surface area contributed by atoms with Gasteiger partial charge in [0.25, 0.3) is 0 Å². The third-order valence-electron chi connectivity index (χ3n) is 5.65. The van der Waals surface area contributed by atoms with Gasteiger partial charge in [0.05, 0.1) is 26.1 Å². The highest BCUT2D eigenvalue weighted by Crippen LogP contribution is 2.49. The number of nitrogens with one attached hydrogen (secondary N) is 1. The van der Waals surface area contributed by atoms with Crippen LogP contribution in [0.3, 0.4) is 0 Å². The predicted octanol–water partition coefficient (Wildman–Crippen LogP) is 1.23.